The molecule has 7 aromatic carbocycles. The standard InChI is InChI=1S/C51H35N3/c1-3-13-34(14-4-1)35-23-25-36(26-24-35)43-33-51(52-46-20-10-7-17-40(43)46)54-48-22-12-9-19-42(48)45-32-38(28-30-50(45)54)37-27-29-49-44(31-37)41-18-8-11-21-47(41)53(49)39-15-5-2-6-16-39/h1-19,21-33,46H,20H2. The normalized spacial score (nSPS) is 15.4. The van der Waals surface area contributed by atoms with E-state index >= 15 is 0 Å². The van der Waals surface area contributed by atoms with Gasteiger partial charge in [-0.15, -0.1) is 0 Å². The summed E-state index contributed by atoms with van der Waals surface area (Å²) in [5.41, 5.74) is 14.5. The first-order valence-corrected chi connectivity index (χ1v) is 18.7. The lowest BCUT2D eigenvalue weighted by Gasteiger charge is -2.27. The van der Waals surface area contributed by atoms with Crippen molar-refractivity contribution in [1.82, 2.24) is 9.13 Å². The summed E-state index contributed by atoms with van der Waals surface area (Å²) in [6.45, 7) is 0. The molecular weight excluding hydrogens is 655 g/mol. The van der Waals surface area contributed by atoms with Crippen LogP contribution in [0, 0.1) is 0 Å². The summed E-state index contributed by atoms with van der Waals surface area (Å²) in [4.78, 5) is 5.44. The lowest BCUT2D eigenvalue weighted by atomic mass is 9.86. The average Bonchev–Trinajstić information content (AvgIpc) is 3.76. The first kappa shape index (κ1) is 30.6. The molecule has 0 spiro atoms. The largest absolute Gasteiger partial charge is 0.309 e. The number of benzene rings is 7. The number of aromatic nitrogens is 2. The molecule has 0 fully saturated rings. The van der Waals surface area contributed by atoms with E-state index in [1.807, 2.05) is 0 Å². The van der Waals surface area contributed by atoms with Crippen LogP contribution < -0.4 is 0 Å². The molecule has 11 rings (SSSR count). The van der Waals surface area contributed by atoms with Gasteiger partial charge in [0.1, 0.15) is 5.84 Å². The Morgan fingerprint density at radius 2 is 0.963 bits per heavy atom. The van der Waals surface area contributed by atoms with Crippen LogP contribution in [0.1, 0.15) is 12.0 Å². The second-order valence-electron chi connectivity index (χ2n) is 14.3. The molecule has 2 aliphatic rings. The van der Waals surface area contributed by atoms with Crippen LogP contribution in [-0.4, -0.2) is 21.0 Å². The Morgan fingerprint density at radius 1 is 0.444 bits per heavy atom. The fraction of sp³-hybridized carbons (Fsp3) is 0.0392. The molecule has 1 unspecified atom stereocenters. The Bertz CT molecular complexity index is 3040. The predicted molar refractivity (Wildman–Crippen MR) is 228 cm³/mol. The van der Waals surface area contributed by atoms with Gasteiger partial charge in [0.15, 0.2) is 0 Å². The van der Waals surface area contributed by atoms with E-state index < -0.39 is 0 Å². The van der Waals surface area contributed by atoms with Crippen molar-refractivity contribution in [1.29, 1.82) is 0 Å². The van der Waals surface area contributed by atoms with Gasteiger partial charge >= 0.3 is 0 Å². The van der Waals surface area contributed by atoms with Crippen LogP contribution in [0.3, 0.4) is 0 Å². The van der Waals surface area contributed by atoms with Crippen LogP contribution in [-0.2, 0) is 0 Å². The van der Waals surface area contributed by atoms with E-state index in [9.17, 15) is 0 Å². The number of para-hydroxylation sites is 3. The third-order valence-electron chi connectivity index (χ3n) is 11.2. The van der Waals surface area contributed by atoms with Gasteiger partial charge in [-0.3, -0.25) is 9.56 Å². The molecule has 54 heavy (non-hydrogen) atoms. The molecule has 0 radical (unpaired) electrons. The van der Waals surface area contributed by atoms with Gasteiger partial charge in [0.25, 0.3) is 0 Å². The van der Waals surface area contributed by atoms with Gasteiger partial charge in [0.05, 0.1) is 28.1 Å². The molecule has 1 aliphatic carbocycles. The number of hydrogen-bond donors (Lipinski definition) is 0. The second kappa shape index (κ2) is 12.3. The quantitative estimate of drug-likeness (QED) is 0.176. The van der Waals surface area contributed by atoms with Crippen LogP contribution in [0.5, 0.6) is 0 Å². The maximum absolute atomic E-state index is 5.44. The first-order valence-electron chi connectivity index (χ1n) is 18.7. The Morgan fingerprint density at radius 3 is 1.65 bits per heavy atom. The highest BCUT2D eigenvalue weighted by Crippen LogP contribution is 2.40. The summed E-state index contributed by atoms with van der Waals surface area (Å²) in [6.07, 6.45) is 9.85. The number of rotatable bonds is 4. The SMILES string of the molecule is C1=CCC2N=C(n3c4ccccc4c4cc(-c5ccc6c(c5)c5ccccc5n6-c5ccccc5)ccc43)C=C(c3ccc(-c4ccccc4)cc3)C2=C1. The van der Waals surface area contributed by atoms with Crippen molar-refractivity contribution in [2.24, 2.45) is 4.99 Å². The molecule has 0 bridgehead atoms. The molecule has 1 atom stereocenters. The van der Waals surface area contributed by atoms with Gasteiger partial charge in [-0.25, -0.2) is 0 Å². The van der Waals surface area contributed by atoms with Crippen molar-refractivity contribution in [3.05, 3.63) is 205 Å². The van der Waals surface area contributed by atoms with E-state index in [0.29, 0.717) is 0 Å². The lowest BCUT2D eigenvalue weighted by Crippen LogP contribution is -2.23. The Hall–Kier alpha value is -6.97. The molecule has 0 saturated carbocycles. The maximum Gasteiger partial charge on any atom is 0.133 e. The van der Waals surface area contributed by atoms with Crippen molar-refractivity contribution in [2.75, 3.05) is 0 Å². The van der Waals surface area contributed by atoms with E-state index in [0.717, 1.165) is 17.8 Å². The summed E-state index contributed by atoms with van der Waals surface area (Å²) in [5, 5.41) is 4.97. The Kier molecular flexibility index (Phi) is 6.99. The minimum atomic E-state index is 0.0685. The Balaban J connectivity index is 1.05. The van der Waals surface area contributed by atoms with E-state index in [1.54, 1.807) is 0 Å². The topological polar surface area (TPSA) is 22.2 Å². The third-order valence-corrected chi connectivity index (χ3v) is 11.2. The van der Waals surface area contributed by atoms with Gasteiger partial charge < -0.3 is 4.57 Å². The Labute approximate surface area is 313 Å². The van der Waals surface area contributed by atoms with Gasteiger partial charge in [-0.05, 0) is 100.0 Å². The zero-order valence-electron chi connectivity index (χ0n) is 29.6. The van der Waals surface area contributed by atoms with Crippen molar-refractivity contribution >= 4 is 55.0 Å². The van der Waals surface area contributed by atoms with Crippen LogP contribution in [0.15, 0.2) is 205 Å². The number of dihydropyridines is 1. The minimum absolute atomic E-state index is 0.0685. The van der Waals surface area contributed by atoms with Crippen molar-refractivity contribution < 1.29 is 0 Å². The van der Waals surface area contributed by atoms with E-state index in [4.69, 9.17) is 4.99 Å². The summed E-state index contributed by atoms with van der Waals surface area (Å²) in [5.74, 6) is 0.976. The summed E-state index contributed by atoms with van der Waals surface area (Å²) < 4.78 is 4.75. The molecule has 3 heteroatoms. The monoisotopic (exact) mass is 689 g/mol. The van der Waals surface area contributed by atoms with Gasteiger partial charge in [0, 0.05) is 27.2 Å². The fourth-order valence-corrected chi connectivity index (χ4v) is 8.67. The van der Waals surface area contributed by atoms with Crippen LogP contribution in [0.2, 0.25) is 0 Å². The van der Waals surface area contributed by atoms with Crippen LogP contribution in [0.25, 0.3) is 77.1 Å². The van der Waals surface area contributed by atoms with Gasteiger partial charge in [-0.2, -0.15) is 0 Å². The molecule has 3 nitrogen and oxygen atoms in total. The lowest BCUT2D eigenvalue weighted by molar-refractivity contribution is 0.789. The number of nitrogens with zero attached hydrogens (tertiary/aromatic N) is 3. The van der Waals surface area contributed by atoms with Crippen LogP contribution in [0.4, 0.5) is 0 Å². The molecule has 0 amide bonds. The molecule has 1 aliphatic heterocycles. The second-order valence-corrected chi connectivity index (χ2v) is 14.3. The van der Waals surface area contributed by atoms with Crippen molar-refractivity contribution in [2.45, 2.75) is 12.5 Å². The highest BCUT2D eigenvalue weighted by molar-refractivity contribution is 6.19. The summed E-state index contributed by atoms with van der Waals surface area (Å²) in [6, 6.07) is 61.7. The molecule has 9 aromatic rings. The molecular formula is C51H35N3. The van der Waals surface area contributed by atoms with Gasteiger partial charge in [-0.1, -0.05) is 140 Å². The zero-order chi connectivity index (χ0) is 35.6. The number of allylic oxidation sites excluding steroid dienone is 3. The highest BCUT2D eigenvalue weighted by Gasteiger charge is 2.26. The van der Waals surface area contributed by atoms with Crippen molar-refractivity contribution in [3.63, 3.8) is 0 Å². The molecule has 254 valence electrons. The number of fused-ring (bicyclic) bond motifs is 7. The minimum Gasteiger partial charge on any atom is -0.309 e. The van der Waals surface area contributed by atoms with Crippen LogP contribution >= 0.6 is 0 Å². The fourth-order valence-electron chi connectivity index (χ4n) is 8.67. The van der Waals surface area contributed by atoms with Gasteiger partial charge in [0.2, 0.25) is 0 Å². The van der Waals surface area contributed by atoms with E-state index in [-0.39, 0.29) is 6.04 Å². The van der Waals surface area contributed by atoms with Crippen molar-refractivity contribution in [3.8, 4) is 27.9 Å². The molecule has 3 heterocycles. The van der Waals surface area contributed by atoms with E-state index in [1.165, 1.54) is 82.7 Å². The molecule has 0 saturated heterocycles. The molecule has 0 N–H and O–H groups in total. The number of aliphatic imine (C=N–C) groups is 1. The first-order chi connectivity index (χ1) is 26.8. The average molecular weight is 690 g/mol. The summed E-state index contributed by atoms with van der Waals surface area (Å²) in [7, 11) is 0. The highest BCUT2D eigenvalue weighted by atomic mass is 15.1. The van der Waals surface area contributed by atoms with E-state index in [2.05, 4.69) is 203 Å². The predicted octanol–water partition coefficient (Wildman–Crippen LogP) is 12.8. The number of hydrogen-bond acceptors (Lipinski definition) is 1. The smallest absolute Gasteiger partial charge is 0.133 e. The third kappa shape index (κ3) is 4.86. The summed E-state index contributed by atoms with van der Waals surface area (Å²) >= 11 is 0. The maximum atomic E-state index is 5.44. The molecule has 2 aromatic heterocycles. The zero-order valence-corrected chi connectivity index (χ0v) is 29.6.